The van der Waals surface area contributed by atoms with E-state index in [-0.39, 0.29) is 11.8 Å². The van der Waals surface area contributed by atoms with E-state index in [0.717, 1.165) is 5.56 Å². The quantitative estimate of drug-likeness (QED) is 0.744. The Labute approximate surface area is 182 Å². The van der Waals surface area contributed by atoms with Gasteiger partial charge in [0.05, 0.1) is 12.7 Å². The lowest BCUT2D eigenvalue weighted by atomic mass is 9.91. The van der Waals surface area contributed by atoms with E-state index >= 15 is 0 Å². The van der Waals surface area contributed by atoms with Crippen LogP contribution in [0.5, 0.6) is 0 Å². The molecule has 1 fully saturated rings. The molecule has 2 aromatic rings. The van der Waals surface area contributed by atoms with Crippen LogP contribution >= 0.6 is 0 Å². The van der Waals surface area contributed by atoms with Crippen LogP contribution in [0.25, 0.3) is 0 Å². The molecule has 0 aliphatic carbocycles. The van der Waals surface area contributed by atoms with Crippen molar-refractivity contribution in [1.82, 2.24) is 4.90 Å². The molecule has 1 heterocycles. The molecule has 0 bridgehead atoms. The summed E-state index contributed by atoms with van der Waals surface area (Å²) < 4.78 is 10.2. The van der Waals surface area contributed by atoms with Gasteiger partial charge in [0.2, 0.25) is 5.91 Å². The van der Waals surface area contributed by atoms with Gasteiger partial charge in [-0.1, -0.05) is 30.3 Å². The van der Waals surface area contributed by atoms with E-state index < -0.39 is 23.7 Å². The molecular weight excluding hydrogens is 396 g/mol. The van der Waals surface area contributed by atoms with Gasteiger partial charge in [0.15, 0.2) is 0 Å². The minimum Gasteiger partial charge on any atom is -0.465 e. The fourth-order valence-electron chi connectivity index (χ4n) is 3.71. The molecule has 3 rings (SSSR count). The van der Waals surface area contributed by atoms with Gasteiger partial charge in [-0.25, -0.2) is 9.59 Å². The topological polar surface area (TPSA) is 84.9 Å². The second-order valence-electron chi connectivity index (χ2n) is 8.48. The predicted molar refractivity (Wildman–Crippen MR) is 117 cm³/mol. The summed E-state index contributed by atoms with van der Waals surface area (Å²) >= 11 is 0. The van der Waals surface area contributed by atoms with Crippen LogP contribution in [0, 0.1) is 0 Å². The number of methoxy groups -OCH3 is 1. The number of rotatable bonds is 4. The largest absolute Gasteiger partial charge is 0.465 e. The minimum atomic E-state index is -0.711. The number of hydrogen-bond acceptors (Lipinski definition) is 5. The summed E-state index contributed by atoms with van der Waals surface area (Å²) in [6, 6.07) is 15.4. The van der Waals surface area contributed by atoms with E-state index in [4.69, 9.17) is 9.47 Å². The number of nitrogens with one attached hydrogen (secondary N) is 1. The van der Waals surface area contributed by atoms with Crippen molar-refractivity contribution >= 4 is 23.7 Å². The van der Waals surface area contributed by atoms with Gasteiger partial charge < -0.3 is 14.8 Å². The first-order valence-corrected chi connectivity index (χ1v) is 10.2. The molecule has 1 aliphatic heterocycles. The molecule has 0 saturated carbocycles. The van der Waals surface area contributed by atoms with Crippen molar-refractivity contribution in [3.63, 3.8) is 0 Å². The van der Waals surface area contributed by atoms with Gasteiger partial charge in [-0.15, -0.1) is 0 Å². The van der Waals surface area contributed by atoms with Crippen molar-refractivity contribution in [2.24, 2.45) is 0 Å². The lowest BCUT2D eigenvalue weighted by Gasteiger charge is -2.30. The number of nitrogens with zero attached hydrogens (tertiary/aromatic N) is 1. The van der Waals surface area contributed by atoms with Crippen LogP contribution in [0.2, 0.25) is 0 Å². The average molecular weight is 424 g/mol. The van der Waals surface area contributed by atoms with E-state index in [2.05, 4.69) is 5.32 Å². The highest BCUT2D eigenvalue weighted by Crippen LogP contribution is 2.35. The fraction of sp³-hybridized carbons (Fsp3) is 0.375. The van der Waals surface area contributed by atoms with Gasteiger partial charge in [-0.2, -0.15) is 0 Å². The molecule has 0 unspecified atom stereocenters. The lowest BCUT2D eigenvalue weighted by Crippen LogP contribution is -2.47. The number of carbonyl (C=O) groups is 3. The third-order valence-corrected chi connectivity index (χ3v) is 5.10. The third kappa shape index (κ3) is 5.42. The van der Waals surface area contributed by atoms with Gasteiger partial charge >= 0.3 is 12.1 Å². The number of anilines is 1. The highest BCUT2D eigenvalue weighted by atomic mass is 16.6. The van der Waals surface area contributed by atoms with Crippen molar-refractivity contribution in [3.05, 3.63) is 65.7 Å². The molecule has 1 saturated heterocycles. The number of hydrogen-bond donors (Lipinski definition) is 1. The number of likely N-dealkylation sites (tertiary alicyclic amines) is 1. The summed E-state index contributed by atoms with van der Waals surface area (Å²) in [6.45, 7) is 5.82. The van der Waals surface area contributed by atoms with Crippen molar-refractivity contribution in [2.75, 3.05) is 19.0 Å². The smallest absolute Gasteiger partial charge is 0.410 e. The molecule has 2 aromatic carbocycles. The van der Waals surface area contributed by atoms with Crippen LogP contribution in [0.4, 0.5) is 10.5 Å². The van der Waals surface area contributed by atoms with Crippen LogP contribution in [0.3, 0.4) is 0 Å². The Morgan fingerprint density at radius 3 is 2.23 bits per heavy atom. The van der Waals surface area contributed by atoms with E-state index in [1.54, 1.807) is 45.0 Å². The van der Waals surface area contributed by atoms with Gasteiger partial charge in [0.1, 0.15) is 11.6 Å². The summed E-state index contributed by atoms with van der Waals surface area (Å²) in [6.07, 6.45) is 0.148. The average Bonchev–Trinajstić information content (AvgIpc) is 3.19. The molecule has 0 radical (unpaired) electrons. The first-order valence-electron chi connectivity index (χ1n) is 10.2. The molecule has 164 valence electrons. The molecule has 31 heavy (non-hydrogen) atoms. The van der Waals surface area contributed by atoms with E-state index in [0.29, 0.717) is 24.2 Å². The Bertz CT molecular complexity index is 935. The van der Waals surface area contributed by atoms with E-state index in [9.17, 15) is 14.4 Å². The zero-order valence-electron chi connectivity index (χ0n) is 18.3. The number of esters is 1. The maximum absolute atomic E-state index is 13.3. The van der Waals surface area contributed by atoms with Gasteiger partial charge in [-0.3, -0.25) is 9.69 Å². The SMILES string of the molecule is COC(=O)c1ccc(NC(=O)[C@H]2[C@H](c3ccccc3)CCN2C(=O)OC(C)(C)C)cc1. The van der Waals surface area contributed by atoms with Crippen molar-refractivity contribution in [2.45, 2.75) is 44.8 Å². The first kappa shape index (κ1) is 22.3. The monoisotopic (exact) mass is 424 g/mol. The zero-order chi connectivity index (χ0) is 22.6. The molecule has 0 spiro atoms. The molecule has 1 N–H and O–H groups in total. The summed E-state index contributed by atoms with van der Waals surface area (Å²) in [5, 5.41) is 2.87. The predicted octanol–water partition coefficient (Wildman–Crippen LogP) is 4.20. The second kappa shape index (κ2) is 9.20. The van der Waals surface area contributed by atoms with Crippen LogP contribution in [0.15, 0.2) is 54.6 Å². The Hall–Kier alpha value is -3.35. The number of ether oxygens (including phenoxy) is 2. The second-order valence-corrected chi connectivity index (χ2v) is 8.48. The highest BCUT2D eigenvalue weighted by molar-refractivity contribution is 5.98. The summed E-state index contributed by atoms with van der Waals surface area (Å²) in [5.41, 5.74) is 1.25. The first-order chi connectivity index (χ1) is 14.7. The van der Waals surface area contributed by atoms with Crippen molar-refractivity contribution in [1.29, 1.82) is 0 Å². The minimum absolute atomic E-state index is 0.150. The number of carbonyl (C=O) groups excluding carboxylic acids is 3. The van der Waals surface area contributed by atoms with Crippen LogP contribution in [-0.2, 0) is 14.3 Å². The number of amides is 2. The highest BCUT2D eigenvalue weighted by Gasteiger charge is 2.44. The van der Waals surface area contributed by atoms with Crippen molar-refractivity contribution < 1.29 is 23.9 Å². The van der Waals surface area contributed by atoms with Gasteiger partial charge in [0.25, 0.3) is 0 Å². The number of benzene rings is 2. The Kier molecular flexibility index (Phi) is 6.63. The summed E-state index contributed by atoms with van der Waals surface area (Å²) in [7, 11) is 1.31. The Morgan fingerprint density at radius 2 is 1.65 bits per heavy atom. The Balaban J connectivity index is 1.84. The molecule has 7 heteroatoms. The molecule has 1 aliphatic rings. The molecule has 0 aromatic heterocycles. The fourth-order valence-corrected chi connectivity index (χ4v) is 3.71. The normalized spacial score (nSPS) is 18.4. The maximum Gasteiger partial charge on any atom is 0.410 e. The molecular formula is C24H28N2O5. The van der Waals surface area contributed by atoms with Crippen LogP contribution in [0.1, 0.15) is 49.0 Å². The zero-order valence-corrected chi connectivity index (χ0v) is 18.3. The molecule has 2 amide bonds. The van der Waals surface area contributed by atoms with Crippen molar-refractivity contribution in [3.8, 4) is 0 Å². The summed E-state index contributed by atoms with van der Waals surface area (Å²) in [5.74, 6) is -0.903. The molecule has 7 nitrogen and oxygen atoms in total. The summed E-state index contributed by atoms with van der Waals surface area (Å²) in [4.78, 5) is 39.3. The van der Waals surface area contributed by atoms with Crippen LogP contribution in [-0.4, -0.2) is 48.2 Å². The van der Waals surface area contributed by atoms with Gasteiger partial charge in [-0.05, 0) is 57.0 Å². The standard InChI is InChI=1S/C24H28N2O5/c1-24(2,3)31-23(29)26-15-14-19(16-8-6-5-7-9-16)20(26)21(27)25-18-12-10-17(11-13-18)22(28)30-4/h5-13,19-20H,14-15H2,1-4H3,(H,25,27)/t19-,20+/m0/s1. The third-order valence-electron chi connectivity index (χ3n) is 5.10. The van der Waals surface area contributed by atoms with E-state index in [1.807, 2.05) is 30.3 Å². The van der Waals surface area contributed by atoms with Crippen LogP contribution < -0.4 is 5.32 Å². The van der Waals surface area contributed by atoms with E-state index in [1.165, 1.54) is 12.0 Å². The molecule has 2 atom stereocenters. The maximum atomic E-state index is 13.3. The van der Waals surface area contributed by atoms with Gasteiger partial charge in [0, 0.05) is 18.2 Å². The Morgan fingerprint density at radius 1 is 1.00 bits per heavy atom. The lowest BCUT2D eigenvalue weighted by molar-refractivity contribution is -0.120.